The van der Waals surface area contributed by atoms with Gasteiger partial charge in [0.25, 0.3) is 0 Å². The Balaban J connectivity index is 1.75. The summed E-state index contributed by atoms with van der Waals surface area (Å²) in [5, 5.41) is 19.8. The van der Waals surface area contributed by atoms with Crippen LogP contribution in [0.5, 0.6) is 0 Å². The van der Waals surface area contributed by atoms with E-state index in [2.05, 4.69) is 20.6 Å². The molecular formula is C18H18N8. The summed E-state index contributed by atoms with van der Waals surface area (Å²) < 4.78 is 0. The number of nitrogens with one attached hydrogen (secondary N) is 4. The summed E-state index contributed by atoms with van der Waals surface area (Å²) in [6, 6.07) is 15.2. The Morgan fingerprint density at radius 2 is 1.04 bits per heavy atom. The average Bonchev–Trinajstić information content (AvgIpc) is 2.62. The second kappa shape index (κ2) is 7.31. The predicted octanol–water partition coefficient (Wildman–Crippen LogP) is 2.42. The summed E-state index contributed by atoms with van der Waals surface area (Å²) in [4.78, 5) is 8.75. The molecule has 0 bridgehead atoms. The lowest BCUT2D eigenvalue weighted by atomic mass is 10.1. The zero-order valence-electron chi connectivity index (χ0n) is 13.8. The predicted molar refractivity (Wildman–Crippen MR) is 104 cm³/mol. The topological polar surface area (TPSA) is 150 Å². The molecule has 130 valence electrons. The molecule has 0 aliphatic heterocycles. The highest BCUT2D eigenvalue weighted by molar-refractivity contribution is 5.90. The third-order valence-electron chi connectivity index (χ3n) is 3.56. The zero-order valence-corrected chi connectivity index (χ0v) is 13.8. The Morgan fingerprint density at radius 1 is 0.654 bits per heavy atom. The Hall–Kier alpha value is -3.94. The molecule has 1 aromatic carbocycles. The van der Waals surface area contributed by atoms with Crippen molar-refractivity contribution in [2.75, 3.05) is 10.6 Å². The third-order valence-corrected chi connectivity index (χ3v) is 3.56. The third kappa shape index (κ3) is 4.12. The van der Waals surface area contributed by atoms with Gasteiger partial charge in [0.1, 0.15) is 0 Å². The van der Waals surface area contributed by atoms with Crippen molar-refractivity contribution in [3.63, 3.8) is 0 Å². The molecule has 0 unspecified atom stereocenters. The summed E-state index contributed by atoms with van der Waals surface area (Å²) in [5.41, 5.74) is 15.5. The quantitative estimate of drug-likeness (QED) is 0.315. The Bertz CT molecular complexity index is 836. The Morgan fingerprint density at radius 3 is 1.31 bits per heavy atom. The van der Waals surface area contributed by atoms with Crippen LogP contribution in [-0.4, -0.2) is 21.9 Å². The minimum absolute atomic E-state index is 0.124. The SMILES string of the molecule is N=C(N)Nc1ccc(-c2ccc(-c3ccc(NC(=N)N)cn3)cc2)nc1. The van der Waals surface area contributed by atoms with Gasteiger partial charge in [0.2, 0.25) is 0 Å². The standard InChI is InChI=1S/C18H18N8/c19-17(20)25-13-5-7-15(23-9-13)11-1-2-12(4-3-11)16-8-6-14(10-24-16)26-18(21)22/h1-10H,(H4,19,20,25)(H4,21,22,26). The molecule has 0 saturated carbocycles. The summed E-state index contributed by atoms with van der Waals surface area (Å²) in [7, 11) is 0. The maximum atomic E-state index is 7.21. The lowest BCUT2D eigenvalue weighted by Crippen LogP contribution is -2.20. The average molecular weight is 346 g/mol. The number of hydrogen-bond donors (Lipinski definition) is 6. The van der Waals surface area contributed by atoms with Gasteiger partial charge in [-0.1, -0.05) is 24.3 Å². The smallest absolute Gasteiger partial charge is 0.190 e. The molecule has 8 nitrogen and oxygen atoms in total. The van der Waals surface area contributed by atoms with Crippen molar-refractivity contribution in [1.82, 2.24) is 9.97 Å². The number of nitrogens with zero attached hydrogens (tertiary/aromatic N) is 2. The molecule has 0 spiro atoms. The first-order chi connectivity index (χ1) is 12.5. The van der Waals surface area contributed by atoms with Gasteiger partial charge in [-0.15, -0.1) is 0 Å². The molecular weight excluding hydrogens is 328 g/mol. The highest BCUT2D eigenvalue weighted by Crippen LogP contribution is 2.24. The molecule has 0 atom stereocenters. The van der Waals surface area contributed by atoms with Crippen molar-refractivity contribution in [2.45, 2.75) is 0 Å². The molecule has 8 heteroatoms. The second-order valence-electron chi connectivity index (χ2n) is 5.52. The van der Waals surface area contributed by atoms with Crippen LogP contribution in [0.25, 0.3) is 22.5 Å². The molecule has 0 saturated heterocycles. The van der Waals surface area contributed by atoms with Gasteiger partial charge >= 0.3 is 0 Å². The van der Waals surface area contributed by atoms with Crippen LogP contribution in [0.2, 0.25) is 0 Å². The van der Waals surface area contributed by atoms with E-state index in [1.807, 2.05) is 48.5 Å². The van der Waals surface area contributed by atoms with Crippen molar-refractivity contribution >= 4 is 23.3 Å². The maximum Gasteiger partial charge on any atom is 0.190 e. The largest absolute Gasteiger partial charge is 0.370 e. The molecule has 0 amide bonds. The second-order valence-corrected chi connectivity index (χ2v) is 5.52. The number of aromatic nitrogens is 2. The van der Waals surface area contributed by atoms with Gasteiger partial charge < -0.3 is 22.1 Å². The van der Waals surface area contributed by atoms with Crippen LogP contribution in [0.1, 0.15) is 0 Å². The fourth-order valence-corrected chi connectivity index (χ4v) is 2.40. The van der Waals surface area contributed by atoms with Crippen LogP contribution in [0.15, 0.2) is 60.9 Å². The lowest BCUT2D eigenvalue weighted by Gasteiger charge is -2.07. The van der Waals surface area contributed by atoms with Crippen LogP contribution in [0, 0.1) is 10.8 Å². The molecule has 8 N–H and O–H groups in total. The van der Waals surface area contributed by atoms with Crippen molar-refractivity contribution in [3.8, 4) is 22.5 Å². The van der Waals surface area contributed by atoms with Crippen LogP contribution in [0.4, 0.5) is 11.4 Å². The first-order valence-electron chi connectivity index (χ1n) is 7.76. The maximum absolute atomic E-state index is 7.21. The molecule has 0 fully saturated rings. The minimum Gasteiger partial charge on any atom is -0.370 e. The van der Waals surface area contributed by atoms with E-state index in [9.17, 15) is 0 Å². The van der Waals surface area contributed by atoms with Crippen LogP contribution in [0.3, 0.4) is 0 Å². The van der Waals surface area contributed by atoms with Crippen LogP contribution in [-0.2, 0) is 0 Å². The molecule has 0 aliphatic rings. The molecule has 0 aliphatic carbocycles. The number of benzene rings is 1. The molecule has 26 heavy (non-hydrogen) atoms. The Labute approximate surface area is 150 Å². The molecule has 2 aromatic heterocycles. The molecule has 3 aromatic rings. The lowest BCUT2D eigenvalue weighted by molar-refractivity contribution is 1.30. The highest BCUT2D eigenvalue weighted by Gasteiger charge is 2.04. The van der Waals surface area contributed by atoms with Gasteiger partial charge in [-0.2, -0.15) is 0 Å². The number of nitrogens with two attached hydrogens (primary N) is 2. The van der Waals surface area contributed by atoms with E-state index in [-0.39, 0.29) is 11.9 Å². The molecule has 0 radical (unpaired) electrons. The van der Waals surface area contributed by atoms with E-state index in [4.69, 9.17) is 22.3 Å². The highest BCUT2D eigenvalue weighted by atomic mass is 15.1. The van der Waals surface area contributed by atoms with Crippen molar-refractivity contribution in [2.24, 2.45) is 11.5 Å². The minimum atomic E-state index is -0.124. The fraction of sp³-hybridized carbons (Fsp3) is 0. The van der Waals surface area contributed by atoms with E-state index in [0.29, 0.717) is 11.4 Å². The number of guanidine groups is 2. The van der Waals surface area contributed by atoms with Gasteiger partial charge in [-0.05, 0) is 24.3 Å². The summed E-state index contributed by atoms with van der Waals surface area (Å²) in [5.74, 6) is -0.248. The first-order valence-corrected chi connectivity index (χ1v) is 7.76. The molecule has 2 heterocycles. The van der Waals surface area contributed by atoms with Crippen molar-refractivity contribution < 1.29 is 0 Å². The summed E-state index contributed by atoms with van der Waals surface area (Å²) in [6.45, 7) is 0. The van der Waals surface area contributed by atoms with E-state index in [1.54, 1.807) is 12.4 Å². The summed E-state index contributed by atoms with van der Waals surface area (Å²) >= 11 is 0. The zero-order chi connectivity index (χ0) is 18.5. The molecule has 3 rings (SSSR count). The number of rotatable bonds is 4. The van der Waals surface area contributed by atoms with Gasteiger partial charge in [0.05, 0.1) is 35.2 Å². The first kappa shape index (κ1) is 16.9. The fourth-order valence-electron chi connectivity index (χ4n) is 2.40. The van der Waals surface area contributed by atoms with E-state index in [0.717, 1.165) is 22.5 Å². The van der Waals surface area contributed by atoms with Crippen molar-refractivity contribution in [1.29, 1.82) is 10.8 Å². The number of anilines is 2. The van der Waals surface area contributed by atoms with Crippen LogP contribution < -0.4 is 22.1 Å². The summed E-state index contributed by atoms with van der Waals surface area (Å²) in [6.07, 6.45) is 3.26. The van der Waals surface area contributed by atoms with Gasteiger partial charge in [-0.25, -0.2) is 0 Å². The van der Waals surface area contributed by atoms with E-state index >= 15 is 0 Å². The van der Waals surface area contributed by atoms with Gasteiger partial charge in [-0.3, -0.25) is 20.8 Å². The monoisotopic (exact) mass is 346 g/mol. The van der Waals surface area contributed by atoms with Gasteiger partial charge in [0.15, 0.2) is 11.9 Å². The van der Waals surface area contributed by atoms with E-state index in [1.165, 1.54) is 0 Å². The Kier molecular flexibility index (Phi) is 4.75. The van der Waals surface area contributed by atoms with Gasteiger partial charge in [0, 0.05) is 11.1 Å². The normalized spacial score (nSPS) is 10.2. The van der Waals surface area contributed by atoms with E-state index < -0.39 is 0 Å². The van der Waals surface area contributed by atoms with Crippen molar-refractivity contribution in [3.05, 3.63) is 60.9 Å². The van der Waals surface area contributed by atoms with Crippen LogP contribution >= 0.6 is 0 Å². The number of pyridine rings is 2. The number of hydrogen-bond acceptors (Lipinski definition) is 4.